The van der Waals surface area contributed by atoms with Crippen molar-refractivity contribution >= 4 is 35.1 Å². The molecule has 0 aliphatic rings. The first-order valence-electron chi connectivity index (χ1n) is 21.1. The van der Waals surface area contributed by atoms with Crippen molar-refractivity contribution in [2.75, 3.05) is 52.3 Å². The van der Waals surface area contributed by atoms with Crippen molar-refractivity contribution in [3.05, 3.63) is 156 Å². The number of anilines is 2. The predicted molar refractivity (Wildman–Crippen MR) is 250 cm³/mol. The maximum atomic E-state index is 13.1. The molecular weight excluding hydrogens is 845 g/mol. The maximum Gasteiger partial charge on any atom is 0.347 e. The molecule has 2 amide bonds. The summed E-state index contributed by atoms with van der Waals surface area (Å²) in [6.07, 6.45) is 1.53. The Kier molecular flexibility index (Phi) is 16.9. The molecule has 342 valence electrons. The van der Waals surface area contributed by atoms with Crippen LogP contribution >= 0.6 is 0 Å². The fourth-order valence-electron chi connectivity index (χ4n) is 6.35. The van der Waals surface area contributed by atoms with Gasteiger partial charge in [0.2, 0.25) is 0 Å². The lowest BCUT2D eigenvalue weighted by Gasteiger charge is -2.13. The molecule has 0 spiro atoms. The van der Waals surface area contributed by atoms with Crippen LogP contribution in [0, 0.1) is 0 Å². The molecule has 0 aromatic heterocycles. The molecule has 0 aliphatic carbocycles. The van der Waals surface area contributed by atoms with Crippen molar-refractivity contribution in [1.82, 2.24) is 0 Å². The van der Waals surface area contributed by atoms with E-state index in [0.717, 1.165) is 11.1 Å². The molecule has 0 radical (unpaired) electrons. The van der Waals surface area contributed by atoms with Gasteiger partial charge in [-0.1, -0.05) is 24.3 Å². The summed E-state index contributed by atoms with van der Waals surface area (Å²) in [5.41, 5.74) is 4.14. The average Bonchev–Trinajstić information content (AvgIpc) is 3.34. The fraction of sp³-hybridized carbons (Fsp3) is 0.231. The zero-order valence-corrected chi connectivity index (χ0v) is 37.6. The minimum Gasteiger partial charge on any atom is -0.496 e. The maximum absolute atomic E-state index is 13.1. The number of hydrogen-bond donors (Lipinski definition) is 2. The Hall–Kier alpha value is -7.68. The van der Waals surface area contributed by atoms with Crippen LogP contribution in [0.15, 0.2) is 133 Å². The number of nitrogens with one attached hydrogen (secondary N) is 2. The van der Waals surface area contributed by atoms with Gasteiger partial charge in [-0.15, -0.1) is 0 Å². The lowest BCUT2D eigenvalue weighted by atomic mass is 10.0. The number of hydrogen-bond acceptors (Lipinski definition) is 12. The van der Waals surface area contributed by atoms with Gasteiger partial charge in [-0.3, -0.25) is 9.59 Å². The number of rotatable bonds is 21. The molecule has 14 heteroatoms. The first-order chi connectivity index (χ1) is 32.0. The van der Waals surface area contributed by atoms with E-state index in [1.165, 1.54) is 14.2 Å². The molecule has 0 saturated carbocycles. The van der Waals surface area contributed by atoms with Crippen LogP contribution in [0.3, 0.4) is 0 Å². The second kappa shape index (κ2) is 23.3. The Morgan fingerprint density at radius 2 is 0.803 bits per heavy atom. The third-order valence-electron chi connectivity index (χ3n) is 10.4. The van der Waals surface area contributed by atoms with Gasteiger partial charge in [0, 0.05) is 61.7 Å². The molecule has 14 nitrogen and oxygen atoms in total. The lowest BCUT2D eigenvalue weighted by molar-refractivity contribution is 0.0721. The van der Waals surface area contributed by atoms with Crippen molar-refractivity contribution in [3.63, 3.8) is 0 Å². The van der Waals surface area contributed by atoms with Gasteiger partial charge in [-0.2, -0.15) is 0 Å². The Bertz CT molecular complexity index is 2400. The van der Waals surface area contributed by atoms with Gasteiger partial charge in [-0.25, -0.2) is 9.59 Å². The molecule has 66 heavy (non-hydrogen) atoms. The average molecular weight is 897 g/mol. The minimum atomic E-state index is -0.621. The van der Waals surface area contributed by atoms with Crippen molar-refractivity contribution in [1.29, 1.82) is 0 Å². The Labute approximate surface area is 383 Å². The van der Waals surface area contributed by atoms with Crippen LogP contribution in [0.4, 0.5) is 11.4 Å². The monoisotopic (exact) mass is 896 g/mol. The van der Waals surface area contributed by atoms with Crippen LogP contribution in [0.1, 0.15) is 68.1 Å². The Morgan fingerprint density at radius 1 is 0.455 bits per heavy atom. The second-order valence-electron chi connectivity index (χ2n) is 15.0. The molecule has 0 fully saturated rings. The molecule has 0 saturated heterocycles. The van der Waals surface area contributed by atoms with E-state index in [2.05, 4.69) is 10.6 Å². The zero-order valence-electron chi connectivity index (χ0n) is 37.6. The molecule has 0 bridgehead atoms. The van der Waals surface area contributed by atoms with Crippen molar-refractivity contribution in [2.24, 2.45) is 0 Å². The minimum absolute atomic E-state index is 0.0579. The van der Waals surface area contributed by atoms with Crippen LogP contribution in [0.5, 0.6) is 34.5 Å². The third-order valence-corrected chi connectivity index (χ3v) is 10.4. The number of ether oxygens (including phenoxy) is 8. The number of benzene rings is 6. The van der Waals surface area contributed by atoms with Gasteiger partial charge in [0.05, 0.1) is 39.6 Å². The van der Waals surface area contributed by atoms with Gasteiger partial charge in [-0.05, 0) is 122 Å². The van der Waals surface area contributed by atoms with E-state index in [9.17, 15) is 19.2 Å². The molecule has 6 aromatic rings. The van der Waals surface area contributed by atoms with Crippen LogP contribution in [0.2, 0.25) is 0 Å². The summed E-state index contributed by atoms with van der Waals surface area (Å²) in [6, 6.07) is 36.9. The van der Waals surface area contributed by atoms with Gasteiger partial charge in [0.15, 0.2) is 0 Å². The van der Waals surface area contributed by atoms with Gasteiger partial charge in [0.1, 0.15) is 45.6 Å². The van der Waals surface area contributed by atoms with Gasteiger partial charge >= 0.3 is 11.9 Å². The summed E-state index contributed by atoms with van der Waals surface area (Å²) in [5.74, 6) is 0.305. The van der Waals surface area contributed by atoms with E-state index < -0.39 is 11.9 Å². The van der Waals surface area contributed by atoms with E-state index in [1.807, 2.05) is 38.1 Å². The topological polar surface area (TPSA) is 166 Å². The molecule has 2 N–H and O–H groups in total. The Balaban J connectivity index is 0.963. The van der Waals surface area contributed by atoms with Crippen molar-refractivity contribution < 1.29 is 57.1 Å². The molecule has 2 unspecified atom stereocenters. The van der Waals surface area contributed by atoms with E-state index >= 15 is 0 Å². The first kappa shape index (κ1) is 47.8. The van der Waals surface area contributed by atoms with E-state index in [-0.39, 0.29) is 46.6 Å². The summed E-state index contributed by atoms with van der Waals surface area (Å²) < 4.78 is 43.9. The highest BCUT2D eigenvalue weighted by molar-refractivity contribution is 6.05. The quantitative estimate of drug-likeness (QED) is 0.0520. The molecule has 0 aliphatic heterocycles. The van der Waals surface area contributed by atoms with Crippen molar-refractivity contribution in [2.45, 2.75) is 38.9 Å². The smallest absolute Gasteiger partial charge is 0.347 e. The molecular formula is C52H52N2O12. The van der Waals surface area contributed by atoms with E-state index in [0.29, 0.717) is 71.6 Å². The van der Waals surface area contributed by atoms with Crippen LogP contribution in [0.25, 0.3) is 11.1 Å². The third kappa shape index (κ3) is 13.2. The van der Waals surface area contributed by atoms with Crippen LogP contribution in [-0.2, 0) is 9.47 Å². The lowest BCUT2D eigenvalue weighted by Crippen LogP contribution is -2.13. The van der Waals surface area contributed by atoms with Crippen molar-refractivity contribution in [3.8, 4) is 45.6 Å². The standard InChI is InChI=1S/C52H52N2O12/c1-33(59-3)27-29-63-43-23-25-45(47(31-43)61-5)51(57)65-41-19-11-37(12-20-41)49(55)53-39-15-7-35(8-16-39)36-9-17-40(18-10-36)54-50(56)38-13-21-42(22-14-38)66-52(58)46-26-24-44(32-48(46)62-6)64-30-28-34(2)60-4/h7-26,31-34H,27-30H2,1-6H3,(H,53,55)(H,54,56). The number of esters is 2. The number of amides is 2. The number of carbonyl (C=O) groups is 4. The van der Waals surface area contributed by atoms with Gasteiger partial charge in [0.25, 0.3) is 11.8 Å². The molecule has 6 aromatic carbocycles. The first-order valence-corrected chi connectivity index (χ1v) is 21.1. The summed E-state index contributed by atoms with van der Waals surface area (Å²) in [4.78, 5) is 52.1. The fourth-order valence-corrected chi connectivity index (χ4v) is 6.35. The summed E-state index contributed by atoms with van der Waals surface area (Å²) in [5, 5.41) is 5.77. The number of methoxy groups -OCH3 is 4. The van der Waals surface area contributed by atoms with E-state index in [4.69, 9.17) is 37.9 Å². The molecule has 0 heterocycles. The normalized spacial score (nSPS) is 11.7. The van der Waals surface area contributed by atoms with Crippen LogP contribution in [-0.4, -0.2) is 77.6 Å². The predicted octanol–water partition coefficient (Wildman–Crippen LogP) is 9.92. The summed E-state index contributed by atoms with van der Waals surface area (Å²) in [7, 11) is 6.21. The highest BCUT2D eigenvalue weighted by Crippen LogP contribution is 2.29. The van der Waals surface area contributed by atoms with Crippen LogP contribution < -0.4 is 39.1 Å². The largest absolute Gasteiger partial charge is 0.496 e. The SMILES string of the molecule is COc1cc(OCCC(C)OC)ccc1C(=O)Oc1ccc(C(=O)Nc2ccc(-c3ccc(NC(=O)c4ccc(OC(=O)c5ccc(OCCC(C)OC)cc5OC)cc4)cc3)cc2)cc1. The highest BCUT2D eigenvalue weighted by atomic mass is 16.5. The molecule has 6 rings (SSSR count). The van der Waals surface area contributed by atoms with Gasteiger partial charge < -0.3 is 48.5 Å². The summed E-state index contributed by atoms with van der Waals surface area (Å²) >= 11 is 0. The second-order valence-corrected chi connectivity index (χ2v) is 15.0. The highest BCUT2D eigenvalue weighted by Gasteiger charge is 2.19. The number of carbonyl (C=O) groups excluding carboxylic acids is 4. The summed E-state index contributed by atoms with van der Waals surface area (Å²) in [6.45, 7) is 4.79. The molecule has 2 atom stereocenters. The van der Waals surface area contributed by atoms with E-state index in [1.54, 1.807) is 123 Å². The Morgan fingerprint density at radius 3 is 1.14 bits per heavy atom. The zero-order chi connectivity index (χ0) is 47.0.